The van der Waals surface area contributed by atoms with E-state index in [0.29, 0.717) is 16.2 Å². The number of hydrogen-bond donors (Lipinski definition) is 2. The lowest BCUT2D eigenvalue weighted by Gasteiger charge is -2.54. The quantitative estimate of drug-likeness (QED) is 0.0931. The van der Waals surface area contributed by atoms with Gasteiger partial charge in [0.15, 0.2) is 0 Å². The summed E-state index contributed by atoms with van der Waals surface area (Å²) in [5.74, 6) is 3.44. The molecule has 0 saturated heterocycles. The summed E-state index contributed by atoms with van der Waals surface area (Å²) in [6.07, 6.45) is 25.1. The van der Waals surface area contributed by atoms with Crippen molar-refractivity contribution in [2.45, 2.75) is 139 Å². The third-order valence-electron chi connectivity index (χ3n) is 16.9. The average Bonchev–Trinajstić information content (AvgIpc) is 4.32. The van der Waals surface area contributed by atoms with E-state index in [9.17, 15) is 4.79 Å². The topological polar surface area (TPSA) is 99.4 Å². The molecule has 3 N–H and O–H groups in total. The second-order valence-electron chi connectivity index (χ2n) is 21.1. The maximum Gasteiger partial charge on any atom is 0.126 e. The van der Waals surface area contributed by atoms with Crippen LogP contribution in [-0.2, 0) is 15.6 Å². The maximum absolute atomic E-state index is 11.3. The van der Waals surface area contributed by atoms with Gasteiger partial charge in [0.25, 0.3) is 0 Å². The number of ether oxygens (including phenoxy) is 2. The molecule has 67 heavy (non-hydrogen) atoms. The van der Waals surface area contributed by atoms with E-state index in [2.05, 4.69) is 102 Å². The number of nitrogens with zero attached hydrogens (tertiary/aromatic N) is 2. The third-order valence-corrected chi connectivity index (χ3v) is 19.3. The number of aldehydes is 1. The maximum atomic E-state index is 11.3. The predicted molar refractivity (Wildman–Crippen MR) is 277 cm³/mol. The van der Waals surface area contributed by atoms with Gasteiger partial charge in [0.1, 0.15) is 17.8 Å². The highest BCUT2D eigenvalue weighted by Crippen LogP contribution is 2.59. The molecule has 2 aromatic heterocycles. The molecule has 9 heteroatoms. The number of rotatable bonds is 12. The summed E-state index contributed by atoms with van der Waals surface area (Å²) < 4.78 is 10.8. The smallest absolute Gasteiger partial charge is 0.126 e. The molecule has 0 spiro atoms. The number of nitrogen functional groups attached to an aromatic ring is 1. The summed E-state index contributed by atoms with van der Waals surface area (Å²) in [5.41, 5.74) is 16.9. The van der Waals surface area contributed by atoms with Crippen LogP contribution < -0.4 is 20.5 Å². The van der Waals surface area contributed by atoms with Crippen LogP contribution in [0.4, 0.5) is 11.4 Å². The number of nitrogens with one attached hydrogen (secondary N) is 1. The highest BCUT2D eigenvalue weighted by Gasteiger charge is 2.50. The molecule has 2 heterocycles. The lowest BCUT2D eigenvalue weighted by atomic mass is 9.52. The van der Waals surface area contributed by atoms with Crippen molar-refractivity contribution in [2.24, 2.45) is 10.8 Å². The van der Waals surface area contributed by atoms with Crippen LogP contribution in [0.2, 0.25) is 0 Å². The fourth-order valence-electron chi connectivity index (χ4n) is 11.8. The fourth-order valence-corrected chi connectivity index (χ4v) is 14.0. The van der Waals surface area contributed by atoms with Gasteiger partial charge in [-0.05, 0) is 203 Å². The summed E-state index contributed by atoms with van der Waals surface area (Å²) >= 11 is 3.67. The minimum absolute atomic E-state index is 0.0171. The molecule has 8 saturated carbocycles. The van der Waals surface area contributed by atoms with E-state index in [-0.39, 0.29) is 5.41 Å². The number of anilines is 2. The number of thiazole rings is 2. The van der Waals surface area contributed by atoms with Crippen molar-refractivity contribution in [3.05, 3.63) is 130 Å². The van der Waals surface area contributed by atoms with Crippen LogP contribution in [0.5, 0.6) is 11.5 Å². The summed E-state index contributed by atoms with van der Waals surface area (Å²) in [4.78, 5) is 23.0. The van der Waals surface area contributed by atoms with Gasteiger partial charge in [0.05, 0.1) is 34.0 Å². The SMILES string of the molecule is COc1ccc(C23CCC(C=O)(CC2)CC3)cc1C.COc1ccc(C23CCC(CNc4cccc(-c5cnc(C6CC6)s5)c4)(CC2)CC3)cc1C.Nc1cccc(-c2cnc(C3CC3)s2)c1. The Morgan fingerprint density at radius 2 is 1.10 bits per heavy atom. The van der Waals surface area contributed by atoms with Crippen LogP contribution in [0.15, 0.2) is 97.3 Å². The first-order valence-corrected chi connectivity index (χ1v) is 26.6. The van der Waals surface area contributed by atoms with Gasteiger partial charge in [0.2, 0.25) is 0 Å². The van der Waals surface area contributed by atoms with Gasteiger partial charge in [0, 0.05) is 47.6 Å². The molecule has 6 aromatic rings. The molecule has 350 valence electrons. The number of aromatic nitrogens is 2. The van der Waals surface area contributed by atoms with Crippen LogP contribution in [0.1, 0.15) is 147 Å². The lowest BCUT2D eigenvalue weighted by Crippen LogP contribution is -2.47. The molecule has 8 aliphatic rings. The van der Waals surface area contributed by atoms with E-state index >= 15 is 0 Å². The molecule has 4 aromatic carbocycles. The van der Waals surface area contributed by atoms with Crippen molar-refractivity contribution < 1.29 is 14.3 Å². The van der Waals surface area contributed by atoms with Crippen molar-refractivity contribution in [1.82, 2.24) is 9.97 Å². The van der Waals surface area contributed by atoms with E-state index in [0.717, 1.165) is 74.1 Å². The van der Waals surface area contributed by atoms with Gasteiger partial charge < -0.3 is 25.3 Å². The Kier molecular flexibility index (Phi) is 12.9. The number of nitrogens with two attached hydrogens (primary N) is 1. The molecule has 14 rings (SSSR count). The monoisotopic (exact) mass is 932 g/mol. The Bertz CT molecular complexity index is 2660. The number of methoxy groups -OCH3 is 2. The molecular formula is C58H68N4O3S2. The standard InChI is InChI=1S/C29H34N2OS.C17H22O2.C12H12N2S/c1-20-16-23(8-9-25(20)32-2)29-13-10-28(11-14-29,12-15-29)19-31-24-5-3-4-22(17-24)26-18-30-27(33-26)21-6-7-21;1-13-11-14(3-4-15(13)19-2)17-8-5-16(12-18,6-9-17)7-10-17;13-10-3-1-2-9(6-10)11-7-14-12(15-11)8-4-5-8/h3-5,8-9,16-18,21,31H,6-7,10-15,19H2,1-2H3;3-4,11-12H,5-10H2,1-2H3;1-3,6-8H,4-5,13H2. The Balaban J connectivity index is 0.000000130. The normalized spacial score (nSPS) is 25.9. The zero-order valence-electron chi connectivity index (χ0n) is 40.0. The predicted octanol–water partition coefficient (Wildman–Crippen LogP) is 14.8. The number of hydrogen-bond acceptors (Lipinski definition) is 9. The molecule has 0 unspecified atom stereocenters. The zero-order valence-corrected chi connectivity index (χ0v) is 41.6. The van der Waals surface area contributed by atoms with Crippen molar-refractivity contribution in [3.63, 3.8) is 0 Å². The molecule has 0 aliphatic heterocycles. The van der Waals surface area contributed by atoms with Gasteiger partial charge in [-0.3, -0.25) is 0 Å². The van der Waals surface area contributed by atoms with Crippen molar-refractivity contribution in [2.75, 3.05) is 31.8 Å². The van der Waals surface area contributed by atoms with Crippen LogP contribution in [0, 0.1) is 24.7 Å². The van der Waals surface area contributed by atoms with Crippen molar-refractivity contribution >= 4 is 40.3 Å². The highest BCUT2D eigenvalue weighted by atomic mass is 32.1. The van der Waals surface area contributed by atoms with Crippen LogP contribution in [-0.4, -0.2) is 37.0 Å². The van der Waals surface area contributed by atoms with Crippen molar-refractivity contribution in [1.29, 1.82) is 0 Å². The van der Waals surface area contributed by atoms with Gasteiger partial charge in [-0.2, -0.15) is 0 Å². The third kappa shape index (κ3) is 9.70. The van der Waals surface area contributed by atoms with Gasteiger partial charge in [-0.1, -0.05) is 48.5 Å². The average molecular weight is 933 g/mol. The van der Waals surface area contributed by atoms with Gasteiger partial charge >= 0.3 is 0 Å². The van der Waals surface area contributed by atoms with E-state index < -0.39 is 0 Å². The number of carbonyl (C=O) groups excluding carboxylic acids is 1. The van der Waals surface area contributed by atoms with Crippen molar-refractivity contribution in [3.8, 4) is 32.4 Å². The van der Waals surface area contributed by atoms with Gasteiger partial charge in [-0.15, -0.1) is 22.7 Å². The summed E-state index contributed by atoms with van der Waals surface area (Å²) in [6, 6.07) is 30.4. The Labute approximate surface area is 406 Å². The van der Waals surface area contributed by atoms with E-state index in [1.807, 2.05) is 35.7 Å². The zero-order chi connectivity index (χ0) is 46.2. The van der Waals surface area contributed by atoms with E-state index in [4.69, 9.17) is 15.2 Å². The fraction of sp³-hybridized carbons (Fsp3) is 0.466. The molecular weight excluding hydrogens is 865 g/mol. The van der Waals surface area contributed by atoms with Crippen LogP contribution in [0.25, 0.3) is 20.9 Å². The van der Waals surface area contributed by atoms with Crippen LogP contribution in [0.3, 0.4) is 0 Å². The molecule has 0 atom stereocenters. The second kappa shape index (κ2) is 18.8. The highest BCUT2D eigenvalue weighted by molar-refractivity contribution is 7.15. The van der Waals surface area contributed by atoms with Crippen LogP contribution >= 0.6 is 22.7 Å². The Morgan fingerprint density at radius 3 is 1.55 bits per heavy atom. The first-order chi connectivity index (χ1) is 32.5. The largest absolute Gasteiger partial charge is 0.496 e. The first-order valence-electron chi connectivity index (χ1n) is 24.9. The second-order valence-corrected chi connectivity index (χ2v) is 23.3. The molecule has 4 bridgehead atoms. The first kappa shape index (κ1) is 45.8. The Morgan fingerprint density at radius 1 is 0.627 bits per heavy atom. The summed E-state index contributed by atoms with van der Waals surface area (Å²) in [6.45, 7) is 5.37. The minimum atomic E-state index is 0.0171. The number of carbonyl (C=O) groups is 1. The van der Waals surface area contributed by atoms with E-state index in [1.54, 1.807) is 25.6 Å². The Hall–Kier alpha value is -4.99. The minimum Gasteiger partial charge on any atom is -0.496 e. The summed E-state index contributed by atoms with van der Waals surface area (Å²) in [5, 5.41) is 6.43. The molecule has 7 nitrogen and oxygen atoms in total. The molecule has 8 fully saturated rings. The number of aryl methyl sites for hydroxylation is 2. The van der Waals surface area contributed by atoms with E-state index in [1.165, 1.54) is 129 Å². The number of fused-ring (bicyclic) bond motifs is 6. The lowest BCUT2D eigenvalue weighted by molar-refractivity contribution is -0.122. The summed E-state index contributed by atoms with van der Waals surface area (Å²) in [7, 11) is 3.49. The number of benzene rings is 4. The van der Waals surface area contributed by atoms with Gasteiger partial charge in [-0.25, -0.2) is 9.97 Å². The molecule has 0 amide bonds. The molecule has 0 radical (unpaired) electrons. The molecule has 8 aliphatic carbocycles.